The van der Waals surface area contributed by atoms with Gasteiger partial charge in [-0.1, -0.05) is 0 Å². The molecule has 1 aliphatic rings. The van der Waals surface area contributed by atoms with Gasteiger partial charge in [0.05, 0.1) is 11.2 Å². The van der Waals surface area contributed by atoms with Crippen molar-refractivity contribution in [2.75, 3.05) is 20.2 Å². The Kier molecular flexibility index (Phi) is 3.09. The van der Waals surface area contributed by atoms with Crippen LogP contribution in [0.1, 0.15) is 11.1 Å². The number of rotatable bonds is 3. The van der Waals surface area contributed by atoms with Crippen LogP contribution in [0.25, 0.3) is 0 Å². The maximum absolute atomic E-state index is 12.8. The van der Waals surface area contributed by atoms with E-state index < -0.39 is 17.3 Å². The minimum absolute atomic E-state index is 0.232. The number of nitrogens with one attached hydrogen (secondary N) is 1. The van der Waals surface area contributed by atoms with E-state index in [1.165, 1.54) is 19.4 Å². The Morgan fingerprint density at radius 1 is 1.47 bits per heavy atom. The molecule has 1 saturated heterocycles. The third-order valence-corrected chi connectivity index (χ3v) is 3.06. The summed E-state index contributed by atoms with van der Waals surface area (Å²) in [7, 11) is 1.52. The van der Waals surface area contributed by atoms with E-state index in [-0.39, 0.29) is 12.0 Å². The molecule has 0 saturated carbocycles. The molecule has 0 aromatic carbocycles. The molecule has 94 valence electrons. The lowest BCUT2D eigenvalue weighted by Crippen LogP contribution is -2.62. The highest BCUT2D eigenvalue weighted by atomic mass is 19.4. The van der Waals surface area contributed by atoms with Crippen LogP contribution in [-0.2, 0) is 17.3 Å². The van der Waals surface area contributed by atoms with E-state index in [2.05, 4.69) is 10.3 Å². The summed E-state index contributed by atoms with van der Waals surface area (Å²) in [5, 5.41) is 3.01. The second-order valence-electron chi connectivity index (χ2n) is 4.20. The molecule has 1 N–H and O–H groups in total. The first-order valence-corrected chi connectivity index (χ1v) is 5.23. The Morgan fingerprint density at radius 3 is 2.65 bits per heavy atom. The quantitative estimate of drug-likeness (QED) is 0.880. The molecule has 2 rings (SSSR count). The molecule has 17 heavy (non-hydrogen) atoms. The van der Waals surface area contributed by atoms with Gasteiger partial charge in [-0.15, -0.1) is 0 Å². The van der Waals surface area contributed by atoms with Crippen LogP contribution in [0.3, 0.4) is 0 Å². The van der Waals surface area contributed by atoms with Gasteiger partial charge in [0.1, 0.15) is 0 Å². The van der Waals surface area contributed by atoms with Crippen LogP contribution < -0.4 is 5.32 Å². The van der Waals surface area contributed by atoms with Crippen molar-refractivity contribution in [3.8, 4) is 0 Å². The smallest absolute Gasteiger partial charge is 0.375 e. The van der Waals surface area contributed by atoms with Gasteiger partial charge in [-0.2, -0.15) is 13.2 Å². The van der Waals surface area contributed by atoms with Crippen LogP contribution in [-0.4, -0.2) is 30.8 Å². The molecule has 2 heterocycles. The molecule has 0 bridgehead atoms. The van der Waals surface area contributed by atoms with Gasteiger partial charge in [-0.25, -0.2) is 0 Å². The number of alkyl halides is 3. The summed E-state index contributed by atoms with van der Waals surface area (Å²) in [6, 6.07) is 1.40. The molecule has 1 aliphatic heterocycles. The standard InChI is InChI=1S/C11H13F3N2O/c1-17-10(6-16-7-10)4-8-2-3-15-5-9(8)11(12,13)14/h2-3,5,16H,4,6-7H2,1H3. The Hall–Kier alpha value is -1.14. The number of nitrogens with zero attached hydrogens (tertiary/aromatic N) is 1. The third kappa shape index (κ3) is 2.42. The van der Waals surface area contributed by atoms with Gasteiger partial charge in [-0.3, -0.25) is 4.98 Å². The number of hydrogen-bond donors (Lipinski definition) is 1. The molecule has 1 aromatic heterocycles. The van der Waals surface area contributed by atoms with Crippen molar-refractivity contribution in [3.63, 3.8) is 0 Å². The molecule has 3 nitrogen and oxygen atoms in total. The summed E-state index contributed by atoms with van der Waals surface area (Å²) in [6.45, 7) is 1.15. The van der Waals surface area contributed by atoms with Crippen LogP contribution in [0.15, 0.2) is 18.5 Å². The number of aromatic nitrogens is 1. The minimum atomic E-state index is -4.37. The number of hydrogen-bond acceptors (Lipinski definition) is 3. The van der Waals surface area contributed by atoms with Crippen molar-refractivity contribution in [1.29, 1.82) is 0 Å². The largest absolute Gasteiger partial charge is 0.418 e. The lowest BCUT2D eigenvalue weighted by molar-refractivity contribution is -0.139. The van der Waals surface area contributed by atoms with Crippen LogP contribution in [0, 0.1) is 0 Å². The van der Waals surface area contributed by atoms with Crippen molar-refractivity contribution in [2.45, 2.75) is 18.2 Å². The van der Waals surface area contributed by atoms with Gasteiger partial charge in [0.15, 0.2) is 0 Å². The van der Waals surface area contributed by atoms with Gasteiger partial charge in [-0.05, 0) is 11.6 Å². The predicted octanol–water partition coefficient (Wildman–Crippen LogP) is 1.63. The fourth-order valence-corrected chi connectivity index (χ4v) is 1.93. The van der Waals surface area contributed by atoms with Gasteiger partial charge in [0, 0.05) is 39.0 Å². The summed E-state index contributed by atoms with van der Waals surface area (Å²) < 4.78 is 43.6. The van der Waals surface area contributed by atoms with Gasteiger partial charge < -0.3 is 10.1 Å². The summed E-state index contributed by atoms with van der Waals surface area (Å²) in [6.07, 6.45) is -1.88. The molecule has 6 heteroatoms. The number of pyridine rings is 1. The molecule has 0 spiro atoms. The molecule has 1 aromatic rings. The maximum atomic E-state index is 12.8. The Balaban J connectivity index is 2.27. The second kappa shape index (κ2) is 4.27. The minimum Gasteiger partial charge on any atom is -0.375 e. The molecule has 0 radical (unpaired) electrons. The van der Waals surface area contributed by atoms with Crippen molar-refractivity contribution in [3.05, 3.63) is 29.6 Å². The average Bonchev–Trinajstić information content (AvgIpc) is 2.23. The lowest BCUT2D eigenvalue weighted by Gasteiger charge is -2.41. The molecule has 1 fully saturated rings. The van der Waals surface area contributed by atoms with Gasteiger partial charge in [0.2, 0.25) is 0 Å². The summed E-state index contributed by atoms with van der Waals surface area (Å²) in [5.74, 6) is 0. The van der Waals surface area contributed by atoms with Crippen LogP contribution in [0.4, 0.5) is 13.2 Å². The highest BCUT2D eigenvalue weighted by Gasteiger charge is 2.40. The average molecular weight is 246 g/mol. The number of halogens is 3. The molecule has 0 atom stereocenters. The fourth-order valence-electron chi connectivity index (χ4n) is 1.93. The summed E-state index contributed by atoms with van der Waals surface area (Å²) in [5.41, 5.74) is -0.958. The molecule has 0 aliphatic carbocycles. The SMILES string of the molecule is COC1(Cc2ccncc2C(F)(F)F)CNC1. The first-order valence-electron chi connectivity index (χ1n) is 5.23. The Bertz CT molecular complexity index is 396. The van der Waals surface area contributed by atoms with Crippen molar-refractivity contribution >= 4 is 0 Å². The van der Waals surface area contributed by atoms with Crippen molar-refractivity contribution in [2.24, 2.45) is 0 Å². The highest BCUT2D eigenvalue weighted by molar-refractivity contribution is 5.28. The zero-order valence-electron chi connectivity index (χ0n) is 9.34. The number of methoxy groups -OCH3 is 1. The molecular formula is C11H13F3N2O. The van der Waals surface area contributed by atoms with Crippen LogP contribution >= 0.6 is 0 Å². The van der Waals surface area contributed by atoms with Crippen LogP contribution in [0.2, 0.25) is 0 Å². The monoisotopic (exact) mass is 246 g/mol. The lowest BCUT2D eigenvalue weighted by atomic mass is 9.87. The van der Waals surface area contributed by atoms with E-state index in [1.807, 2.05) is 0 Å². The summed E-state index contributed by atoms with van der Waals surface area (Å²) >= 11 is 0. The first-order chi connectivity index (χ1) is 7.97. The number of ether oxygens (including phenoxy) is 1. The Labute approximate surface area is 97.0 Å². The molecule has 0 unspecified atom stereocenters. The van der Waals surface area contributed by atoms with E-state index in [0.29, 0.717) is 13.1 Å². The van der Waals surface area contributed by atoms with E-state index in [1.54, 1.807) is 0 Å². The zero-order chi connectivity index (χ0) is 12.5. The van der Waals surface area contributed by atoms with Gasteiger partial charge in [0.25, 0.3) is 0 Å². The molecular weight excluding hydrogens is 233 g/mol. The van der Waals surface area contributed by atoms with Gasteiger partial charge >= 0.3 is 6.18 Å². The zero-order valence-corrected chi connectivity index (χ0v) is 9.34. The third-order valence-electron chi connectivity index (χ3n) is 3.06. The fraction of sp³-hybridized carbons (Fsp3) is 0.545. The van der Waals surface area contributed by atoms with E-state index in [4.69, 9.17) is 4.74 Å². The maximum Gasteiger partial charge on any atom is 0.418 e. The van der Waals surface area contributed by atoms with E-state index in [9.17, 15) is 13.2 Å². The molecule has 0 amide bonds. The topological polar surface area (TPSA) is 34.1 Å². The van der Waals surface area contributed by atoms with Crippen LogP contribution in [0.5, 0.6) is 0 Å². The van der Waals surface area contributed by atoms with E-state index in [0.717, 1.165) is 6.20 Å². The second-order valence-corrected chi connectivity index (χ2v) is 4.20. The van der Waals surface area contributed by atoms with Crippen molar-refractivity contribution in [1.82, 2.24) is 10.3 Å². The Morgan fingerprint density at radius 2 is 2.18 bits per heavy atom. The predicted molar refractivity (Wildman–Crippen MR) is 55.6 cm³/mol. The van der Waals surface area contributed by atoms with E-state index >= 15 is 0 Å². The normalized spacial score (nSPS) is 18.8. The first kappa shape index (κ1) is 12.3. The highest BCUT2D eigenvalue weighted by Crippen LogP contribution is 2.33. The van der Waals surface area contributed by atoms with Crippen molar-refractivity contribution < 1.29 is 17.9 Å². The summed E-state index contributed by atoms with van der Waals surface area (Å²) in [4.78, 5) is 3.54.